The zero-order valence-electron chi connectivity index (χ0n) is 14.6. The smallest absolute Gasteiger partial charge is 0.339 e. The Morgan fingerprint density at radius 3 is 2.88 bits per heavy atom. The summed E-state index contributed by atoms with van der Waals surface area (Å²) in [4.78, 5) is 23.0. The van der Waals surface area contributed by atoms with Gasteiger partial charge in [0.25, 0.3) is 0 Å². The Kier molecular flexibility index (Phi) is 7.00. The van der Waals surface area contributed by atoms with Crippen LogP contribution in [0.25, 0.3) is 0 Å². The lowest BCUT2D eigenvalue weighted by molar-refractivity contribution is 0.00528. The maximum absolute atomic E-state index is 11.9. The lowest BCUT2D eigenvalue weighted by atomic mass is 10.1. The Bertz CT molecular complexity index is 649. The van der Waals surface area contributed by atoms with Crippen LogP contribution in [0.4, 0.5) is 0 Å². The van der Waals surface area contributed by atoms with Crippen LogP contribution in [0.2, 0.25) is 0 Å². The van der Waals surface area contributed by atoms with Crippen molar-refractivity contribution < 1.29 is 14.3 Å². The third-order valence-corrected chi connectivity index (χ3v) is 4.32. The Morgan fingerprint density at radius 1 is 1.48 bits per heavy atom. The van der Waals surface area contributed by atoms with Crippen LogP contribution >= 0.6 is 24.0 Å². The number of ether oxygens (including phenoxy) is 2. The molecule has 0 bridgehead atoms. The second-order valence-electron chi connectivity index (χ2n) is 6.30. The van der Waals surface area contributed by atoms with Crippen LogP contribution in [0.1, 0.15) is 47.4 Å². The molecule has 8 heteroatoms. The second kappa shape index (κ2) is 8.79. The van der Waals surface area contributed by atoms with Crippen molar-refractivity contribution in [3.63, 3.8) is 0 Å². The summed E-state index contributed by atoms with van der Waals surface area (Å²) >= 11 is 0. The molecule has 25 heavy (non-hydrogen) atoms. The van der Waals surface area contributed by atoms with Crippen molar-refractivity contribution in [3.05, 3.63) is 29.1 Å². The van der Waals surface area contributed by atoms with Gasteiger partial charge in [0.05, 0.1) is 43.3 Å². The monoisotopic (exact) mass is 460 g/mol. The second-order valence-corrected chi connectivity index (χ2v) is 6.30. The molecule has 138 valence electrons. The van der Waals surface area contributed by atoms with Gasteiger partial charge >= 0.3 is 5.97 Å². The van der Waals surface area contributed by atoms with E-state index >= 15 is 0 Å². The van der Waals surface area contributed by atoms with Crippen molar-refractivity contribution in [3.8, 4) is 0 Å². The van der Waals surface area contributed by atoms with Crippen LogP contribution in [0.3, 0.4) is 0 Å². The summed E-state index contributed by atoms with van der Waals surface area (Å²) < 4.78 is 10.3. The largest absolute Gasteiger partial charge is 0.465 e. The van der Waals surface area contributed by atoms with Gasteiger partial charge in [0, 0.05) is 19.0 Å². The van der Waals surface area contributed by atoms with Crippen molar-refractivity contribution >= 4 is 35.9 Å². The molecule has 2 fully saturated rings. The number of hydrogen-bond acceptors (Lipinski definition) is 5. The molecule has 0 radical (unpaired) electrons. The van der Waals surface area contributed by atoms with Gasteiger partial charge in [0.15, 0.2) is 5.96 Å². The van der Waals surface area contributed by atoms with E-state index in [4.69, 9.17) is 15.2 Å². The highest BCUT2D eigenvalue weighted by Gasteiger charge is 2.30. The van der Waals surface area contributed by atoms with Gasteiger partial charge in [-0.3, -0.25) is 4.98 Å². The van der Waals surface area contributed by atoms with E-state index in [1.165, 1.54) is 7.11 Å². The Morgan fingerprint density at radius 2 is 2.24 bits per heavy atom. The summed E-state index contributed by atoms with van der Waals surface area (Å²) in [6, 6.07) is 3.60. The van der Waals surface area contributed by atoms with Gasteiger partial charge in [-0.1, -0.05) is 0 Å². The number of nitrogens with zero attached hydrogens (tertiary/aromatic N) is 3. The number of methoxy groups -OCH3 is 1. The SMILES string of the molecule is COC(=O)c1ccc(CN=C(N)N2CCOC(C)C2)nc1C1CC1.I. The van der Waals surface area contributed by atoms with E-state index < -0.39 is 0 Å². The van der Waals surface area contributed by atoms with Crippen molar-refractivity contribution in [2.24, 2.45) is 10.7 Å². The van der Waals surface area contributed by atoms with Gasteiger partial charge in [0.2, 0.25) is 0 Å². The Labute approximate surface area is 165 Å². The molecule has 1 saturated carbocycles. The summed E-state index contributed by atoms with van der Waals surface area (Å²) in [7, 11) is 1.39. The molecular weight excluding hydrogens is 435 g/mol. The van der Waals surface area contributed by atoms with E-state index in [1.54, 1.807) is 6.07 Å². The van der Waals surface area contributed by atoms with Crippen LogP contribution in [0, 0.1) is 0 Å². The highest BCUT2D eigenvalue weighted by Crippen LogP contribution is 2.40. The molecule has 1 aromatic heterocycles. The average Bonchev–Trinajstić information content (AvgIpc) is 3.43. The number of carbonyl (C=O) groups excluding carboxylic acids is 1. The minimum absolute atomic E-state index is 0. The minimum atomic E-state index is -0.332. The van der Waals surface area contributed by atoms with Crippen LogP contribution < -0.4 is 5.73 Å². The normalized spacial score (nSPS) is 20.8. The van der Waals surface area contributed by atoms with E-state index in [-0.39, 0.29) is 36.0 Å². The molecule has 2 aliphatic rings. The summed E-state index contributed by atoms with van der Waals surface area (Å²) in [6.45, 7) is 4.58. The lowest BCUT2D eigenvalue weighted by Gasteiger charge is -2.31. The minimum Gasteiger partial charge on any atom is -0.465 e. The molecule has 1 unspecified atom stereocenters. The first-order chi connectivity index (χ1) is 11.6. The first-order valence-corrected chi connectivity index (χ1v) is 8.33. The summed E-state index contributed by atoms with van der Waals surface area (Å²) in [5.41, 5.74) is 8.29. The van der Waals surface area contributed by atoms with Gasteiger partial charge in [-0.05, 0) is 31.9 Å². The molecule has 1 atom stereocenters. The molecule has 0 amide bonds. The topological polar surface area (TPSA) is 90.0 Å². The molecular formula is C17H25IN4O3. The highest BCUT2D eigenvalue weighted by atomic mass is 127. The Balaban J connectivity index is 0.00000225. The van der Waals surface area contributed by atoms with Gasteiger partial charge in [-0.25, -0.2) is 9.79 Å². The fourth-order valence-corrected chi connectivity index (χ4v) is 2.84. The zero-order valence-corrected chi connectivity index (χ0v) is 16.9. The van der Waals surface area contributed by atoms with Gasteiger partial charge < -0.3 is 20.1 Å². The molecule has 0 aromatic carbocycles. The molecule has 1 saturated heterocycles. The average molecular weight is 460 g/mol. The standard InChI is InChI=1S/C17H24N4O3.HI/c1-11-10-21(7-8-24-11)17(18)19-9-13-5-6-14(16(22)23-2)15(20-13)12-3-4-12;/h5-6,11-12H,3-4,7-10H2,1-2H3,(H2,18,19);1H. The fourth-order valence-electron chi connectivity index (χ4n) is 2.84. The van der Waals surface area contributed by atoms with E-state index in [2.05, 4.69) is 9.98 Å². The lowest BCUT2D eigenvalue weighted by Crippen LogP contribution is -2.47. The van der Waals surface area contributed by atoms with E-state index in [0.717, 1.165) is 37.3 Å². The van der Waals surface area contributed by atoms with Gasteiger partial charge in [-0.2, -0.15) is 0 Å². The number of guanidine groups is 1. The van der Waals surface area contributed by atoms with E-state index in [9.17, 15) is 4.79 Å². The number of morpholine rings is 1. The van der Waals surface area contributed by atoms with Crippen molar-refractivity contribution in [1.29, 1.82) is 0 Å². The maximum atomic E-state index is 11.9. The first-order valence-electron chi connectivity index (χ1n) is 8.33. The molecule has 7 nitrogen and oxygen atoms in total. The van der Waals surface area contributed by atoms with Crippen LogP contribution in [-0.4, -0.2) is 54.7 Å². The number of pyridine rings is 1. The zero-order chi connectivity index (χ0) is 17.1. The predicted molar refractivity (Wildman–Crippen MR) is 105 cm³/mol. The molecule has 0 spiro atoms. The number of esters is 1. The number of carbonyl (C=O) groups is 1. The number of aliphatic imine (C=N–C) groups is 1. The third-order valence-electron chi connectivity index (χ3n) is 4.32. The molecule has 2 heterocycles. The van der Waals surface area contributed by atoms with Crippen molar-refractivity contribution in [1.82, 2.24) is 9.88 Å². The van der Waals surface area contributed by atoms with Gasteiger partial charge in [0.1, 0.15) is 0 Å². The van der Waals surface area contributed by atoms with Crippen molar-refractivity contribution in [2.75, 3.05) is 26.8 Å². The van der Waals surface area contributed by atoms with Crippen molar-refractivity contribution in [2.45, 2.75) is 38.3 Å². The van der Waals surface area contributed by atoms with Crippen LogP contribution in [-0.2, 0) is 16.0 Å². The number of aromatic nitrogens is 1. The predicted octanol–water partition coefficient (Wildman–Crippen LogP) is 1.90. The number of halogens is 1. The summed E-state index contributed by atoms with van der Waals surface area (Å²) in [5.74, 6) is 0.540. The summed E-state index contributed by atoms with van der Waals surface area (Å²) in [5, 5.41) is 0. The number of rotatable bonds is 4. The van der Waals surface area contributed by atoms with E-state index in [0.29, 0.717) is 30.6 Å². The fraction of sp³-hybridized carbons (Fsp3) is 0.588. The quantitative estimate of drug-likeness (QED) is 0.320. The first kappa shape index (κ1) is 19.9. The third kappa shape index (κ3) is 5.04. The summed E-state index contributed by atoms with van der Waals surface area (Å²) in [6.07, 6.45) is 2.29. The molecule has 1 aromatic rings. The maximum Gasteiger partial charge on any atom is 0.339 e. The van der Waals surface area contributed by atoms with E-state index in [1.807, 2.05) is 17.9 Å². The molecule has 1 aliphatic heterocycles. The van der Waals surface area contributed by atoms with Gasteiger partial charge in [-0.15, -0.1) is 24.0 Å². The molecule has 3 rings (SSSR count). The van der Waals surface area contributed by atoms with Crippen LogP contribution in [0.5, 0.6) is 0 Å². The number of nitrogens with two attached hydrogens (primary N) is 1. The van der Waals surface area contributed by atoms with Crippen LogP contribution in [0.15, 0.2) is 17.1 Å². The molecule has 2 N–H and O–H groups in total. The number of hydrogen-bond donors (Lipinski definition) is 1. The highest BCUT2D eigenvalue weighted by molar-refractivity contribution is 14.0. The Hall–Kier alpha value is -1.42. The molecule has 1 aliphatic carbocycles.